The molecule has 4 aromatic rings. The Morgan fingerprint density at radius 2 is 1.83 bits per heavy atom. The van der Waals surface area contributed by atoms with Crippen LogP contribution in [0.5, 0.6) is 5.75 Å². The van der Waals surface area contributed by atoms with Crippen LogP contribution in [0, 0.1) is 0 Å². The van der Waals surface area contributed by atoms with E-state index in [0.717, 1.165) is 38.3 Å². The van der Waals surface area contributed by atoms with Crippen LogP contribution < -0.4 is 10.1 Å². The molecule has 152 valence electrons. The molecule has 1 saturated carbocycles. The van der Waals surface area contributed by atoms with Crippen molar-refractivity contribution in [2.75, 3.05) is 12.4 Å². The quantitative estimate of drug-likeness (QED) is 0.357. The zero-order valence-corrected chi connectivity index (χ0v) is 18.4. The Labute approximate surface area is 184 Å². The van der Waals surface area contributed by atoms with Gasteiger partial charge in [0.1, 0.15) is 23.5 Å². The van der Waals surface area contributed by atoms with Crippen LogP contribution in [0.4, 0.5) is 11.5 Å². The van der Waals surface area contributed by atoms with E-state index in [1.807, 2.05) is 36.4 Å². The third-order valence-electron chi connectivity index (χ3n) is 5.79. The molecule has 0 aliphatic heterocycles. The fourth-order valence-electron chi connectivity index (χ4n) is 4.35. The SMILES string of the molecule is COc1ccc(-c2cc3c(Nc4cccc(Br)c4)ncnc3n2C2CCCC2)cc1. The predicted molar refractivity (Wildman–Crippen MR) is 124 cm³/mol. The molecule has 1 N–H and O–H groups in total. The summed E-state index contributed by atoms with van der Waals surface area (Å²) in [6, 6.07) is 19.1. The number of fused-ring (bicyclic) bond motifs is 1. The molecule has 2 aromatic carbocycles. The lowest BCUT2D eigenvalue weighted by Crippen LogP contribution is -2.07. The van der Waals surface area contributed by atoms with Gasteiger partial charge in [0.25, 0.3) is 0 Å². The van der Waals surface area contributed by atoms with Crippen LogP contribution in [0.25, 0.3) is 22.3 Å². The number of hydrogen-bond acceptors (Lipinski definition) is 4. The van der Waals surface area contributed by atoms with Crippen LogP contribution >= 0.6 is 15.9 Å². The number of nitrogens with one attached hydrogen (secondary N) is 1. The summed E-state index contributed by atoms with van der Waals surface area (Å²) >= 11 is 3.54. The van der Waals surface area contributed by atoms with Crippen LogP contribution in [-0.2, 0) is 0 Å². The van der Waals surface area contributed by atoms with E-state index in [-0.39, 0.29) is 0 Å². The first kappa shape index (κ1) is 19.1. The van der Waals surface area contributed by atoms with Gasteiger partial charge in [0.2, 0.25) is 0 Å². The van der Waals surface area contributed by atoms with Crippen LogP contribution in [0.1, 0.15) is 31.7 Å². The molecule has 0 bridgehead atoms. The fraction of sp³-hybridized carbons (Fsp3) is 0.250. The van der Waals surface area contributed by atoms with E-state index in [0.29, 0.717) is 6.04 Å². The summed E-state index contributed by atoms with van der Waals surface area (Å²) in [6.07, 6.45) is 6.56. The normalized spacial score (nSPS) is 14.3. The third kappa shape index (κ3) is 3.56. The molecule has 1 fully saturated rings. The number of methoxy groups -OCH3 is 1. The Kier molecular flexibility index (Phi) is 5.17. The molecule has 0 unspecified atom stereocenters. The molecule has 0 spiro atoms. The summed E-state index contributed by atoms with van der Waals surface area (Å²) < 4.78 is 8.79. The summed E-state index contributed by atoms with van der Waals surface area (Å²) in [6.45, 7) is 0. The minimum Gasteiger partial charge on any atom is -0.497 e. The van der Waals surface area contributed by atoms with Gasteiger partial charge in [-0.25, -0.2) is 9.97 Å². The van der Waals surface area contributed by atoms with Crippen LogP contribution in [-0.4, -0.2) is 21.6 Å². The lowest BCUT2D eigenvalue weighted by Gasteiger charge is -2.17. The number of benzene rings is 2. The zero-order valence-electron chi connectivity index (χ0n) is 16.8. The molecule has 5 nitrogen and oxygen atoms in total. The molecule has 1 aliphatic carbocycles. The van der Waals surface area contributed by atoms with E-state index in [1.165, 1.54) is 31.4 Å². The number of rotatable bonds is 5. The number of nitrogens with zero attached hydrogens (tertiary/aromatic N) is 3. The smallest absolute Gasteiger partial charge is 0.146 e. The highest BCUT2D eigenvalue weighted by molar-refractivity contribution is 9.10. The van der Waals surface area contributed by atoms with Crippen molar-refractivity contribution in [1.82, 2.24) is 14.5 Å². The van der Waals surface area contributed by atoms with Gasteiger partial charge in [-0.05, 0) is 66.9 Å². The molecular formula is C24H23BrN4O. The number of ether oxygens (including phenoxy) is 1. The van der Waals surface area contributed by atoms with Gasteiger partial charge in [0.05, 0.1) is 18.2 Å². The van der Waals surface area contributed by atoms with Gasteiger partial charge in [-0.15, -0.1) is 0 Å². The van der Waals surface area contributed by atoms with Crippen molar-refractivity contribution in [2.24, 2.45) is 0 Å². The number of hydrogen-bond donors (Lipinski definition) is 1. The molecule has 5 rings (SSSR count). The average Bonchev–Trinajstić information content (AvgIpc) is 3.42. The van der Waals surface area contributed by atoms with Crippen molar-refractivity contribution in [1.29, 1.82) is 0 Å². The molecule has 0 atom stereocenters. The van der Waals surface area contributed by atoms with E-state index in [1.54, 1.807) is 13.4 Å². The summed E-state index contributed by atoms with van der Waals surface area (Å²) in [4.78, 5) is 9.27. The van der Waals surface area contributed by atoms with Gasteiger partial charge >= 0.3 is 0 Å². The average molecular weight is 463 g/mol. The number of anilines is 2. The summed E-state index contributed by atoms with van der Waals surface area (Å²) in [5.41, 5.74) is 4.32. The second-order valence-corrected chi connectivity index (χ2v) is 8.58. The third-order valence-corrected chi connectivity index (χ3v) is 6.29. The van der Waals surface area contributed by atoms with Crippen molar-refractivity contribution in [3.05, 3.63) is 65.4 Å². The minimum atomic E-state index is 0.466. The van der Waals surface area contributed by atoms with Gasteiger partial charge in [-0.3, -0.25) is 0 Å². The lowest BCUT2D eigenvalue weighted by atomic mass is 10.1. The molecule has 2 heterocycles. The van der Waals surface area contributed by atoms with E-state index < -0.39 is 0 Å². The van der Waals surface area contributed by atoms with Crippen molar-refractivity contribution < 1.29 is 4.74 Å². The Morgan fingerprint density at radius 3 is 2.57 bits per heavy atom. The molecule has 0 radical (unpaired) electrons. The highest BCUT2D eigenvalue weighted by Crippen LogP contribution is 2.40. The van der Waals surface area contributed by atoms with E-state index in [2.05, 4.69) is 49.0 Å². The van der Waals surface area contributed by atoms with Crippen LogP contribution in [0.3, 0.4) is 0 Å². The maximum absolute atomic E-state index is 5.35. The minimum absolute atomic E-state index is 0.466. The first-order valence-electron chi connectivity index (χ1n) is 10.3. The van der Waals surface area contributed by atoms with Gasteiger partial charge in [-0.1, -0.05) is 34.8 Å². The Balaban J connectivity index is 1.65. The number of halogens is 1. The second-order valence-electron chi connectivity index (χ2n) is 7.66. The zero-order chi connectivity index (χ0) is 20.5. The van der Waals surface area contributed by atoms with Gasteiger partial charge < -0.3 is 14.6 Å². The second kappa shape index (κ2) is 8.11. The monoisotopic (exact) mass is 462 g/mol. The van der Waals surface area contributed by atoms with Crippen molar-refractivity contribution >= 4 is 38.5 Å². The Bertz CT molecular complexity index is 1180. The highest BCUT2D eigenvalue weighted by Gasteiger charge is 2.24. The highest BCUT2D eigenvalue weighted by atomic mass is 79.9. The van der Waals surface area contributed by atoms with Gasteiger partial charge in [0.15, 0.2) is 0 Å². The summed E-state index contributed by atoms with van der Waals surface area (Å²) in [5, 5.41) is 4.51. The lowest BCUT2D eigenvalue weighted by molar-refractivity contribution is 0.415. The summed E-state index contributed by atoms with van der Waals surface area (Å²) in [5.74, 6) is 1.68. The Hall–Kier alpha value is -2.86. The van der Waals surface area contributed by atoms with Gasteiger partial charge in [-0.2, -0.15) is 0 Å². The van der Waals surface area contributed by atoms with E-state index >= 15 is 0 Å². The van der Waals surface area contributed by atoms with Crippen LogP contribution in [0.15, 0.2) is 65.4 Å². The molecular weight excluding hydrogens is 440 g/mol. The maximum atomic E-state index is 5.35. The molecule has 6 heteroatoms. The topological polar surface area (TPSA) is 52.0 Å². The van der Waals surface area contributed by atoms with Gasteiger partial charge in [0, 0.05) is 16.2 Å². The van der Waals surface area contributed by atoms with Crippen LogP contribution in [0.2, 0.25) is 0 Å². The van der Waals surface area contributed by atoms with Crippen molar-refractivity contribution in [3.63, 3.8) is 0 Å². The summed E-state index contributed by atoms with van der Waals surface area (Å²) in [7, 11) is 1.69. The fourth-order valence-corrected chi connectivity index (χ4v) is 4.75. The largest absolute Gasteiger partial charge is 0.497 e. The number of aromatic nitrogens is 3. The first-order valence-corrected chi connectivity index (χ1v) is 11.0. The molecule has 1 aliphatic rings. The maximum Gasteiger partial charge on any atom is 0.146 e. The van der Waals surface area contributed by atoms with Crippen molar-refractivity contribution in [2.45, 2.75) is 31.7 Å². The van der Waals surface area contributed by atoms with E-state index in [9.17, 15) is 0 Å². The first-order chi connectivity index (χ1) is 14.7. The molecule has 2 aromatic heterocycles. The molecule has 30 heavy (non-hydrogen) atoms. The molecule has 0 amide bonds. The van der Waals surface area contributed by atoms with E-state index in [4.69, 9.17) is 9.72 Å². The standard InChI is InChI=1S/C24H23BrN4O/c1-30-20-11-9-16(10-12-20)22-14-21-23(28-18-6-4-5-17(25)13-18)26-15-27-24(21)29(22)19-7-2-3-8-19/h4-6,9-15,19H,2-3,7-8H2,1H3,(H,26,27,28). The van der Waals surface area contributed by atoms with Crippen molar-refractivity contribution in [3.8, 4) is 17.0 Å². The molecule has 0 saturated heterocycles. The Morgan fingerprint density at radius 1 is 1.03 bits per heavy atom. The predicted octanol–water partition coefficient (Wildman–Crippen LogP) is 6.73.